The van der Waals surface area contributed by atoms with Crippen LogP contribution < -0.4 is 0 Å². The first-order valence-electron chi connectivity index (χ1n) is 5.85. The van der Waals surface area contributed by atoms with Gasteiger partial charge in [0.2, 0.25) is 0 Å². The molecule has 2 aromatic rings. The highest BCUT2D eigenvalue weighted by atomic mass is 79.9. The zero-order chi connectivity index (χ0) is 12.1. The summed E-state index contributed by atoms with van der Waals surface area (Å²) in [6.45, 7) is 2.09. The summed E-state index contributed by atoms with van der Waals surface area (Å²) >= 11 is 3.46. The average Bonchev–Trinajstić information content (AvgIpc) is 2.40. The van der Waals surface area contributed by atoms with E-state index in [1.165, 1.54) is 22.3 Å². The molecule has 2 aromatic carbocycles. The molecule has 1 radical (unpaired) electrons. The minimum Gasteiger partial charge on any atom is -0.0917 e. The normalized spacial score (nSPS) is 10.2. The van der Waals surface area contributed by atoms with Crippen molar-refractivity contribution in [3.63, 3.8) is 0 Å². The molecule has 0 N–H and O–H groups in total. The van der Waals surface area contributed by atoms with Crippen LogP contribution in [0.3, 0.4) is 0 Å². The number of hydrogen-bond acceptors (Lipinski definition) is 0. The van der Waals surface area contributed by atoms with E-state index < -0.39 is 0 Å². The second-order valence-electron chi connectivity index (χ2n) is 4.14. The van der Waals surface area contributed by atoms with Crippen molar-refractivity contribution in [2.75, 3.05) is 0 Å². The molecule has 0 amide bonds. The monoisotopic (exact) mass is 285 g/mol. The van der Waals surface area contributed by atoms with Gasteiger partial charge in [0, 0.05) is 5.33 Å². The highest BCUT2D eigenvalue weighted by molar-refractivity contribution is 9.08. The maximum atomic E-state index is 3.46. The first kappa shape index (κ1) is 12.4. The minimum absolute atomic E-state index is 0.915. The van der Waals surface area contributed by atoms with E-state index in [0.29, 0.717) is 0 Å². The molecule has 0 unspecified atom stereocenters. The average molecular weight is 286 g/mol. The summed E-state index contributed by atoms with van der Waals surface area (Å²) in [7, 11) is 2.18. The van der Waals surface area contributed by atoms with Crippen LogP contribution in [-0.2, 0) is 11.7 Å². The van der Waals surface area contributed by atoms with Crippen molar-refractivity contribution >= 4 is 23.2 Å². The molecule has 0 spiro atoms. The summed E-state index contributed by atoms with van der Waals surface area (Å²) in [6.07, 6.45) is 1.04. The maximum absolute atomic E-state index is 3.46. The summed E-state index contributed by atoms with van der Waals surface area (Å²) in [4.78, 5) is 0. The van der Waals surface area contributed by atoms with Crippen LogP contribution in [-0.4, -0.2) is 7.28 Å². The zero-order valence-corrected chi connectivity index (χ0v) is 11.6. The summed E-state index contributed by atoms with van der Waals surface area (Å²) in [6, 6.07) is 17.5. The molecule has 0 atom stereocenters. The van der Waals surface area contributed by atoms with Crippen molar-refractivity contribution in [1.29, 1.82) is 0 Å². The van der Waals surface area contributed by atoms with Crippen LogP contribution in [0.25, 0.3) is 11.1 Å². The first-order chi connectivity index (χ1) is 8.33. The minimum atomic E-state index is 0.915. The Balaban J connectivity index is 2.20. The standard InChI is InChI=1S/C15H15BBr/c1-16-10-12-2-6-14(7-3-12)15-8-4-13(11-17)5-9-15/h2-9H,10-11H2,1H3. The molecule has 2 rings (SSSR count). The largest absolute Gasteiger partial charge is 0.111 e. The number of rotatable bonds is 4. The quantitative estimate of drug-likeness (QED) is 0.573. The lowest BCUT2D eigenvalue weighted by molar-refractivity contribution is 1.38. The van der Waals surface area contributed by atoms with Crippen molar-refractivity contribution in [2.24, 2.45) is 0 Å². The van der Waals surface area contributed by atoms with Gasteiger partial charge in [-0.25, -0.2) is 0 Å². The molecule has 17 heavy (non-hydrogen) atoms. The molecule has 0 heterocycles. The molecule has 2 heteroatoms. The van der Waals surface area contributed by atoms with Gasteiger partial charge < -0.3 is 0 Å². The Morgan fingerprint density at radius 2 is 1.29 bits per heavy atom. The molecule has 0 fully saturated rings. The number of hydrogen-bond donors (Lipinski definition) is 0. The summed E-state index contributed by atoms with van der Waals surface area (Å²) < 4.78 is 0. The molecule has 0 saturated heterocycles. The van der Waals surface area contributed by atoms with Gasteiger partial charge in [-0.2, -0.15) is 0 Å². The third kappa shape index (κ3) is 3.23. The maximum Gasteiger partial charge on any atom is 0.111 e. The van der Waals surface area contributed by atoms with Crippen LogP contribution in [0, 0.1) is 0 Å². The Labute approximate surface area is 112 Å². The van der Waals surface area contributed by atoms with Crippen molar-refractivity contribution in [3.05, 3.63) is 59.7 Å². The lowest BCUT2D eigenvalue weighted by Gasteiger charge is -2.04. The van der Waals surface area contributed by atoms with Crippen molar-refractivity contribution < 1.29 is 0 Å². The van der Waals surface area contributed by atoms with Crippen LogP contribution in [0.1, 0.15) is 11.1 Å². The van der Waals surface area contributed by atoms with E-state index in [0.717, 1.165) is 11.7 Å². The molecular formula is C15H15BBr. The molecular weight excluding hydrogens is 271 g/mol. The Morgan fingerprint density at radius 1 is 0.824 bits per heavy atom. The van der Waals surface area contributed by atoms with Crippen molar-refractivity contribution in [3.8, 4) is 11.1 Å². The van der Waals surface area contributed by atoms with Crippen LogP contribution in [0.5, 0.6) is 0 Å². The fourth-order valence-electron chi connectivity index (χ4n) is 1.86. The van der Waals surface area contributed by atoms with Crippen LogP contribution in [0.4, 0.5) is 0 Å². The molecule has 0 aliphatic rings. The summed E-state index contributed by atoms with van der Waals surface area (Å²) in [5.41, 5.74) is 5.24. The van der Waals surface area contributed by atoms with Gasteiger partial charge in [-0.05, 0) is 16.7 Å². The van der Waals surface area contributed by atoms with Gasteiger partial charge in [-0.3, -0.25) is 0 Å². The Hall–Kier alpha value is -1.02. The third-order valence-corrected chi connectivity index (χ3v) is 3.48. The Morgan fingerprint density at radius 3 is 1.71 bits per heavy atom. The van der Waals surface area contributed by atoms with Crippen molar-refractivity contribution in [1.82, 2.24) is 0 Å². The van der Waals surface area contributed by atoms with E-state index in [9.17, 15) is 0 Å². The van der Waals surface area contributed by atoms with Gasteiger partial charge >= 0.3 is 0 Å². The van der Waals surface area contributed by atoms with Crippen LogP contribution in [0.15, 0.2) is 48.5 Å². The van der Waals surface area contributed by atoms with Gasteiger partial charge in [0.15, 0.2) is 0 Å². The number of halogens is 1. The van der Waals surface area contributed by atoms with Gasteiger partial charge in [-0.1, -0.05) is 83.2 Å². The van der Waals surface area contributed by atoms with Gasteiger partial charge in [0.05, 0.1) is 0 Å². The fourth-order valence-corrected chi connectivity index (χ4v) is 2.23. The zero-order valence-electron chi connectivity index (χ0n) is 9.99. The van der Waals surface area contributed by atoms with Gasteiger partial charge in [0.1, 0.15) is 7.28 Å². The second-order valence-corrected chi connectivity index (χ2v) is 4.70. The molecule has 85 valence electrons. The number of benzene rings is 2. The molecule has 0 aromatic heterocycles. The first-order valence-corrected chi connectivity index (χ1v) is 6.97. The lowest BCUT2D eigenvalue weighted by Crippen LogP contribution is -1.90. The molecule has 0 nitrogen and oxygen atoms in total. The van der Waals surface area contributed by atoms with E-state index in [4.69, 9.17) is 0 Å². The predicted molar refractivity (Wildman–Crippen MR) is 79.8 cm³/mol. The SMILES string of the molecule is C[B]Cc1ccc(-c2ccc(CBr)cc2)cc1. The summed E-state index contributed by atoms with van der Waals surface area (Å²) in [5, 5.41) is 0.915. The second kappa shape index (κ2) is 6.06. The lowest BCUT2D eigenvalue weighted by atomic mass is 9.75. The molecule has 0 bridgehead atoms. The van der Waals surface area contributed by atoms with Crippen molar-refractivity contribution in [2.45, 2.75) is 18.5 Å². The van der Waals surface area contributed by atoms with Gasteiger partial charge in [-0.15, -0.1) is 0 Å². The highest BCUT2D eigenvalue weighted by Crippen LogP contribution is 2.21. The van der Waals surface area contributed by atoms with Crippen LogP contribution >= 0.6 is 15.9 Å². The summed E-state index contributed by atoms with van der Waals surface area (Å²) in [5.74, 6) is 0. The van der Waals surface area contributed by atoms with Crippen LogP contribution in [0.2, 0.25) is 6.82 Å². The van der Waals surface area contributed by atoms with E-state index in [1.807, 2.05) is 0 Å². The Bertz CT molecular complexity index is 459. The van der Waals surface area contributed by atoms with E-state index in [1.54, 1.807) is 0 Å². The van der Waals surface area contributed by atoms with E-state index in [-0.39, 0.29) is 0 Å². The van der Waals surface area contributed by atoms with E-state index in [2.05, 4.69) is 78.6 Å². The van der Waals surface area contributed by atoms with E-state index >= 15 is 0 Å². The molecule has 0 aliphatic carbocycles. The topological polar surface area (TPSA) is 0 Å². The number of alkyl halides is 1. The molecule has 0 aliphatic heterocycles. The van der Waals surface area contributed by atoms with Gasteiger partial charge in [0.25, 0.3) is 0 Å². The Kier molecular flexibility index (Phi) is 4.44. The smallest absolute Gasteiger partial charge is 0.0917 e. The highest BCUT2D eigenvalue weighted by Gasteiger charge is 1.98. The third-order valence-electron chi connectivity index (χ3n) is 2.84. The fraction of sp³-hybridized carbons (Fsp3) is 0.200. The predicted octanol–water partition coefficient (Wildman–Crippen LogP) is 4.50. The molecule has 0 saturated carbocycles.